The average Bonchev–Trinajstić information content (AvgIpc) is 2.92. The molecule has 0 unspecified atom stereocenters. The molecule has 2 aromatic rings. The lowest BCUT2D eigenvalue weighted by molar-refractivity contribution is -0.384. The van der Waals surface area contributed by atoms with Gasteiger partial charge in [0.1, 0.15) is 5.02 Å². The van der Waals surface area contributed by atoms with E-state index in [0.29, 0.717) is 11.7 Å². The molecule has 0 fully saturated rings. The molecule has 0 aliphatic rings. The van der Waals surface area contributed by atoms with E-state index in [2.05, 4.69) is 15.5 Å². The maximum absolute atomic E-state index is 12.0. The topological polar surface area (TPSA) is 123 Å². The number of aromatic amines is 1. The minimum Gasteiger partial charge on any atom is -0.325 e. The van der Waals surface area contributed by atoms with Crippen LogP contribution in [0.5, 0.6) is 0 Å². The molecule has 0 aliphatic heterocycles. The van der Waals surface area contributed by atoms with Crippen molar-refractivity contribution in [1.82, 2.24) is 14.8 Å². The van der Waals surface area contributed by atoms with Crippen LogP contribution in [0.15, 0.2) is 28.2 Å². The van der Waals surface area contributed by atoms with Gasteiger partial charge >= 0.3 is 5.69 Å². The number of aromatic nitrogens is 3. The van der Waals surface area contributed by atoms with Crippen molar-refractivity contribution in [3.8, 4) is 0 Å². The number of carbonyl (C=O) groups is 1. The summed E-state index contributed by atoms with van der Waals surface area (Å²) in [6.45, 7) is 2.54. The maximum atomic E-state index is 12.0. The van der Waals surface area contributed by atoms with E-state index in [1.807, 2.05) is 6.92 Å². The standard InChI is InChI=1S/C14H16ClN5O4S/c1-2-3-6-19-13(22)17-18-14(19)25-8-12(21)16-9-4-5-10(15)11(7-9)20(23)24/h4-5,7H,2-3,6,8H2,1H3,(H,16,21)(H,17,22). The second kappa shape index (κ2) is 8.67. The van der Waals surface area contributed by atoms with Crippen LogP contribution in [0.4, 0.5) is 11.4 Å². The fourth-order valence-corrected chi connectivity index (χ4v) is 2.94. The first kappa shape index (κ1) is 19.0. The molecule has 0 saturated carbocycles. The molecular formula is C14H16ClN5O4S. The van der Waals surface area contributed by atoms with Crippen molar-refractivity contribution < 1.29 is 9.72 Å². The number of H-pyrrole nitrogens is 1. The molecule has 0 atom stereocenters. The first-order valence-electron chi connectivity index (χ1n) is 7.44. The van der Waals surface area contributed by atoms with E-state index in [-0.39, 0.29) is 33.7 Å². The van der Waals surface area contributed by atoms with Crippen LogP contribution in [0.2, 0.25) is 5.02 Å². The molecule has 9 nitrogen and oxygen atoms in total. The number of nitrogens with one attached hydrogen (secondary N) is 2. The summed E-state index contributed by atoms with van der Waals surface area (Å²) in [4.78, 5) is 33.9. The second-order valence-electron chi connectivity index (χ2n) is 5.08. The number of unbranched alkanes of at least 4 members (excludes halogenated alkanes) is 1. The van der Waals surface area contributed by atoms with E-state index in [4.69, 9.17) is 11.6 Å². The van der Waals surface area contributed by atoms with Gasteiger partial charge in [-0.1, -0.05) is 36.7 Å². The van der Waals surface area contributed by atoms with Crippen LogP contribution in [-0.4, -0.2) is 31.3 Å². The SMILES string of the molecule is CCCCn1c(SCC(=O)Nc2ccc(Cl)c([N+](=O)[O-])c2)n[nH]c1=O. The summed E-state index contributed by atoms with van der Waals surface area (Å²) in [5, 5.41) is 20.1. The number of anilines is 1. The van der Waals surface area contributed by atoms with Crippen molar-refractivity contribution in [1.29, 1.82) is 0 Å². The Morgan fingerprint density at radius 2 is 2.28 bits per heavy atom. The molecule has 134 valence electrons. The Balaban J connectivity index is 1.99. The fraction of sp³-hybridized carbons (Fsp3) is 0.357. The number of halogens is 1. The Morgan fingerprint density at radius 1 is 1.52 bits per heavy atom. The third-order valence-electron chi connectivity index (χ3n) is 3.22. The largest absolute Gasteiger partial charge is 0.343 e. The van der Waals surface area contributed by atoms with Gasteiger partial charge in [-0.15, -0.1) is 5.10 Å². The van der Waals surface area contributed by atoms with E-state index < -0.39 is 4.92 Å². The van der Waals surface area contributed by atoms with Crippen molar-refractivity contribution in [2.75, 3.05) is 11.1 Å². The summed E-state index contributed by atoms with van der Waals surface area (Å²) in [6, 6.07) is 4.01. The van der Waals surface area contributed by atoms with E-state index >= 15 is 0 Å². The molecule has 1 aromatic heterocycles. The van der Waals surface area contributed by atoms with E-state index in [1.165, 1.54) is 22.8 Å². The second-order valence-corrected chi connectivity index (χ2v) is 6.43. The molecule has 2 N–H and O–H groups in total. The summed E-state index contributed by atoms with van der Waals surface area (Å²) >= 11 is 6.84. The number of nitrogens with zero attached hydrogens (tertiary/aromatic N) is 3. The number of thioether (sulfide) groups is 1. The average molecular weight is 386 g/mol. The summed E-state index contributed by atoms with van der Waals surface area (Å²) in [5.41, 5.74) is -0.329. The van der Waals surface area contributed by atoms with Crippen LogP contribution in [0.3, 0.4) is 0 Å². The molecule has 2 rings (SSSR count). The number of hydrogen-bond acceptors (Lipinski definition) is 6. The predicted molar refractivity (Wildman–Crippen MR) is 95.2 cm³/mol. The van der Waals surface area contributed by atoms with Gasteiger partial charge in [-0.2, -0.15) is 0 Å². The van der Waals surface area contributed by atoms with Crippen LogP contribution in [0.25, 0.3) is 0 Å². The van der Waals surface area contributed by atoms with Gasteiger partial charge in [0.2, 0.25) is 5.91 Å². The molecule has 1 heterocycles. The van der Waals surface area contributed by atoms with Gasteiger partial charge in [0.25, 0.3) is 5.69 Å². The third-order valence-corrected chi connectivity index (χ3v) is 4.51. The van der Waals surface area contributed by atoms with Crippen LogP contribution in [0.1, 0.15) is 19.8 Å². The molecule has 11 heteroatoms. The third kappa shape index (κ3) is 5.07. The summed E-state index contributed by atoms with van der Waals surface area (Å²) in [5.74, 6) is -0.369. The van der Waals surface area contributed by atoms with Crippen molar-refractivity contribution in [2.24, 2.45) is 0 Å². The minimum absolute atomic E-state index is 0.00571. The van der Waals surface area contributed by atoms with Crippen LogP contribution < -0.4 is 11.0 Å². The zero-order chi connectivity index (χ0) is 18.4. The Hall–Kier alpha value is -2.33. The molecule has 0 radical (unpaired) electrons. The van der Waals surface area contributed by atoms with Crippen LogP contribution >= 0.6 is 23.4 Å². The van der Waals surface area contributed by atoms with Gasteiger partial charge in [-0.25, -0.2) is 9.89 Å². The van der Waals surface area contributed by atoms with Crippen molar-refractivity contribution in [3.05, 3.63) is 43.8 Å². The molecule has 25 heavy (non-hydrogen) atoms. The van der Waals surface area contributed by atoms with E-state index in [9.17, 15) is 19.7 Å². The number of hydrogen-bond donors (Lipinski definition) is 2. The molecular weight excluding hydrogens is 370 g/mol. The Labute approximate surface area is 151 Å². The van der Waals surface area contributed by atoms with Gasteiger partial charge in [0.15, 0.2) is 5.16 Å². The molecule has 0 aliphatic carbocycles. The zero-order valence-corrected chi connectivity index (χ0v) is 14.9. The molecule has 1 aromatic carbocycles. The zero-order valence-electron chi connectivity index (χ0n) is 13.3. The van der Waals surface area contributed by atoms with Gasteiger partial charge in [-0.3, -0.25) is 19.5 Å². The van der Waals surface area contributed by atoms with E-state index in [0.717, 1.165) is 24.6 Å². The Morgan fingerprint density at radius 3 is 2.96 bits per heavy atom. The van der Waals surface area contributed by atoms with Crippen molar-refractivity contribution >= 4 is 40.6 Å². The van der Waals surface area contributed by atoms with Gasteiger partial charge in [0, 0.05) is 18.3 Å². The molecule has 0 bridgehead atoms. The lowest BCUT2D eigenvalue weighted by atomic mass is 10.3. The molecule has 1 amide bonds. The first-order chi connectivity index (χ1) is 11.9. The predicted octanol–water partition coefficient (Wildman–Crippen LogP) is 2.66. The highest BCUT2D eigenvalue weighted by atomic mass is 35.5. The lowest BCUT2D eigenvalue weighted by Gasteiger charge is -2.06. The summed E-state index contributed by atoms with van der Waals surface area (Å²) in [7, 11) is 0. The Bertz CT molecular complexity index is 835. The van der Waals surface area contributed by atoms with Crippen LogP contribution in [-0.2, 0) is 11.3 Å². The number of amides is 1. The highest BCUT2D eigenvalue weighted by Gasteiger charge is 2.15. The number of nitro benzene ring substituents is 1. The van der Waals surface area contributed by atoms with Crippen molar-refractivity contribution in [2.45, 2.75) is 31.5 Å². The normalized spacial score (nSPS) is 10.6. The minimum atomic E-state index is -0.622. The summed E-state index contributed by atoms with van der Waals surface area (Å²) < 4.78 is 1.48. The number of benzene rings is 1. The smallest absolute Gasteiger partial charge is 0.325 e. The Kier molecular flexibility index (Phi) is 6.59. The lowest BCUT2D eigenvalue weighted by Crippen LogP contribution is -2.19. The van der Waals surface area contributed by atoms with E-state index in [1.54, 1.807) is 0 Å². The van der Waals surface area contributed by atoms with Crippen molar-refractivity contribution in [3.63, 3.8) is 0 Å². The van der Waals surface area contributed by atoms with Gasteiger partial charge < -0.3 is 5.32 Å². The molecule has 0 spiro atoms. The maximum Gasteiger partial charge on any atom is 0.343 e. The highest BCUT2D eigenvalue weighted by molar-refractivity contribution is 7.99. The number of rotatable bonds is 8. The van der Waals surface area contributed by atoms with Gasteiger partial charge in [0.05, 0.1) is 10.7 Å². The van der Waals surface area contributed by atoms with Crippen LogP contribution in [0, 0.1) is 10.1 Å². The summed E-state index contributed by atoms with van der Waals surface area (Å²) in [6.07, 6.45) is 1.76. The monoisotopic (exact) mass is 385 g/mol. The first-order valence-corrected chi connectivity index (χ1v) is 8.80. The van der Waals surface area contributed by atoms with Gasteiger partial charge in [-0.05, 0) is 18.6 Å². The molecule has 0 saturated heterocycles. The highest BCUT2D eigenvalue weighted by Crippen LogP contribution is 2.27. The number of carbonyl (C=O) groups excluding carboxylic acids is 1. The fourth-order valence-electron chi connectivity index (χ4n) is 1.98. The number of nitro groups is 1. The quantitative estimate of drug-likeness (QED) is 0.409.